The molecule has 2 nitrogen and oxygen atoms in total. The maximum Gasteiger partial charge on any atom is 0.195 e. The van der Waals surface area contributed by atoms with E-state index >= 15 is 0 Å². The first kappa shape index (κ1) is 17.7. The third-order valence-electron chi connectivity index (χ3n) is 4.51. The maximum absolute atomic E-state index is 14.4. The third-order valence-corrected chi connectivity index (χ3v) is 5.64. The Hall–Kier alpha value is -2.08. The number of sulfone groups is 1. The Morgan fingerprint density at radius 1 is 0.920 bits per heavy atom. The maximum atomic E-state index is 14.4. The van der Waals surface area contributed by atoms with Crippen molar-refractivity contribution in [3.8, 4) is 0 Å². The summed E-state index contributed by atoms with van der Waals surface area (Å²) in [5, 5.41) is 0. The molecule has 0 saturated carbocycles. The van der Waals surface area contributed by atoms with Crippen LogP contribution < -0.4 is 0 Å². The van der Waals surface area contributed by atoms with Gasteiger partial charge >= 0.3 is 0 Å². The molecule has 0 heterocycles. The molecule has 0 spiro atoms. The average Bonchev–Trinajstić information content (AvgIpc) is 3.01. The van der Waals surface area contributed by atoms with Gasteiger partial charge in [-0.05, 0) is 66.7 Å². The SMILES string of the molecule is Cc1cc(F)c(F)c(F)c1C1=C(c2ccc(S(C)(=O)=O)cc2)CCC1. The number of halogens is 3. The van der Waals surface area contributed by atoms with Crippen molar-refractivity contribution in [2.24, 2.45) is 0 Å². The van der Waals surface area contributed by atoms with E-state index in [0.29, 0.717) is 24.0 Å². The average molecular weight is 366 g/mol. The minimum Gasteiger partial charge on any atom is -0.224 e. The molecule has 0 unspecified atom stereocenters. The van der Waals surface area contributed by atoms with E-state index in [-0.39, 0.29) is 10.5 Å². The van der Waals surface area contributed by atoms with Crippen LogP contribution in [0.2, 0.25) is 0 Å². The van der Waals surface area contributed by atoms with E-state index in [1.54, 1.807) is 19.1 Å². The highest BCUT2D eigenvalue weighted by Gasteiger charge is 2.25. The molecule has 0 saturated heterocycles. The van der Waals surface area contributed by atoms with Crippen LogP contribution in [0.5, 0.6) is 0 Å². The molecule has 1 aliphatic rings. The first-order chi connectivity index (χ1) is 11.7. The molecule has 0 radical (unpaired) electrons. The van der Waals surface area contributed by atoms with Gasteiger partial charge in [0.2, 0.25) is 0 Å². The summed E-state index contributed by atoms with van der Waals surface area (Å²) in [6, 6.07) is 7.35. The van der Waals surface area contributed by atoms with E-state index in [2.05, 4.69) is 0 Å². The molecule has 1 aliphatic carbocycles. The van der Waals surface area contributed by atoms with Crippen molar-refractivity contribution >= 4 is 21.0 Å². The van der Waals surface area contributed by atoms with Gasteiger partial charge < -0.3 is 0 Å². The lowest BCUT2D eigenvalue weighted by molar-refractivity contribution is 0.444. The van der Waals surface area contributed by atoms with Crippen molar-refractivity contribution < 1.29 is 21.6 Å². The summed E-state index contributed by atoms with van der Waals surface area (Å²) in [5.74, 6) is -3.83. The first-order valence-electron chi connectivity index (χ1n) is 7.87. The smallest absolute Gasteiger partial charge is 0.195 e. The van der Waals surface area contributed by atoms with Gasteiger partial charge in [0.25, 0.3) is 0 Å². The molecule has 3 rings (SSSR count). The molecule has 0 aliphatic heterocycles. The standard InChI is InChI=1S/C19H17F3O2S/c1-11-10-16(20)18(21)19(22)17(11)15-5-3-4-14(15)12-6-8-13(9-7-12)25(2,23)24/h6-10H,3-5H2,1-2H3. The molecule has 0 N–H and O–H groups in total. The molecule has 132 valence electrons. The van der Waals surface area contributed by atoms with Crippen LogP contribution in [-0.2, 0) is 9.84 Å². The monoisotopic (exact) mass is 366 g/mol. The zero-order chi connectivity index (χ0) is 18.4. The summed E-state index contributed by atoms with van der Waals surface area (Å²) >= 11 is 0. The van der Waals surface area contributed by atoms with E-state index in [1.807, 2.05) is 0 Å². The van der Waals surface area contributed by atoms with Gasteiger partial charge in [0.1, 0.15) is 0 Å². The highest BCUT2D eigenvalue weighted by molar-refractivity contribution is 7.90. The van der Waals surface area contributed by atoms with Gasteiger partial charge in [-0.25, -0.2) is 21.6 Å². The fourth-order valence-electron chi connectivity index (χ4n) is 3.33. The molecule has 2 aromatic carbocycles. The summed E-state index contributed by atoms with van der Waals surface area (Å²) in [4.78, 5) is 0.201. The fourth-order valence-corrected chi connectivity index (χ4v) is 3.96. The number of benzene rings is 2. The zero-order valence-electron chi connectivity index (χ0n) is 13.9. The Kier molecular flexibility index (Phi) is 4.49. The Morgan fingerprint density at radius 2 is 1.52 bits per heavy atom. The fraction of sp³-hybridized carbons (Fsp3) is 0.263. The molecule has 0 amide bonds. The van der Waals surface area contributed by atoms with Gasteiger partial charge in [-0.1, -0.05) is 12.1 Å². The Balaban J connectivity index is 2.15. The molecular weight excluding hydrogens is 349 g/mol. The minimum absolute atomic E-state index is 0.110. The van der Waals surface area contributed by atoms with Crippen LogP contribution >= 0.6 is 0 Å². The summed E-state index contributed by atoms with van der Waals surface area (Å²) in [7, 11) is -3.30. The molecule has 2 aromatic rings. The van der Waals surface area contributed by atoms with Crippen LogP contribution in [0.25, 0.3) is 11.1 Å². The van der Waals surface area contributed by atoms with Crippen LogP contribution in [0.4, 0.5) is 13.2 Å². The topological polar surface area (TPSA) is 34.1 Å². The van der Waals surface area contributed by atoms with Gasteiger partial charge in [0.15, 0.2) is 27.3 Å². The Morgan fingerprint density at radius 3 is 2.12 bits per heavy atom. The van der Waals surface area contributed by atoms with Crippen molar-refractivity contribution in [1.29, 1.82) is 0 Å². The van der Waals surface area contributed by atoms with Gasteiger partial charge in [-0.2, -0.15) is 0 Å². The molecule has 0 fully saturated rings. The number of hydrogen-bond acceptors (Lipinski definition) is 2. The zero-order valence-corrected chi connectivity index (χ0v) is 14.7. The minimum atomic E-state index is -3.30. The van der Waals surface area contributed by atoms with Gasteiger partial charge in [-0.3, -0.25) is 0 Å². The van der Waals surface area contributed by atoms with Crippen LogP contribution in [-0.4, -0.2) is 14.7 Å². The predicted octanol–water partition coefficient (Wildman–Crippen LogP) is 4.91. The normalized spacial score (nSPS) is 15.1. The summed E-state index contributed by atoms with van der Waals surface area (Å²) in [6.07, 6.45) is 3.14. The van der Waals surface area contributed by atoms with Crippen molar-refractivity contribution in [3.63, 3.8) is 0 Å². The number of allylic oxidation sites excluding steroid dienone is 2. The van der Waals surface area contributed by atoms with E-state index in [4.69, 9.17) is 0 Å². The van der Waals surface area contributed by atoms with Crippen molar-refractivity contribution in [3.05, 3.63) is 64.5 Å². The summed E-state index contributed by atoms with van der Waals surface area (Å²) in [5.41, 5.74) is 2.72. The highest BCUT2D eigenvalue weighted by Crippen LogP contribution is 2.42. The Bertz CT molecular complexity index is 975. The van der Waals surface area contributed by atoms with Crippen LogP contribution in [0, 0.1) is 24.4 Å². The number of aryl methyl sites for hydroxylation is 1. The van der Waals surface area contributed by atoms with Crippen molar-refractivity contribution in [2.45, 2.75) is 31.1 Å². The predicted molar refractivity (Wildman–Crippen MR) is 91.3 cm³/mol. The van der Waals surface area contributed by atoms with E-state index in [1.165, 1.54) is 12.1 Å². The second-order valence-corrected chi connectivity index (χ2v) is 8.30. The van der Waals surface area contributed by atoms with Crippen molar-refractivity contribution in [1.82, 2.24) is 0 Å². The lowest BCUT2D eigenvalue weighted by atomic mass is 9.93. The van der Waals surface area contributed by atoms with E-state index in [0.717, 1.165) is 29.9 Å². The highest BCUT2D eigenvalue weighted by atomic mass is 32.2. The Labute approximate surface area is 144 Å². The van der Waals surface area contributed by atoms with Crippen LogP contribution in [0.3, 0.4) is 0 Å². The van der Waals surface area contributed by atoms with Crippen molar-refractivity contribution in [2.75, 3.05) is 6.26 Å². The molecular formula is C19H17F3O2S. The molecule has 25 heavy (non-hydrogen) atoms. The number of hydrogen-bond donors (Lipinski definition) is 0. The van der Waals surface area contributed by atoms with Gasteiger partial charge in [0, 0.05) is 11.8 Å². The molecule has 0 atom stereocenters. The molecule has 0 bridgehead atoms. The van der Waals surface area contributed by atoms with E-state index in [9.17, 15) is 21.6 Å². The van der Waals surface area contributed by atoms with Crippen LogP contribution in [0.15, 0.2) is 35.2 Å². The largest absolute Gasteiger partial charge is 0.224 e. The second-order valence-electron chi connectivity index (χ2n) is 6.29. The third kappa shape index (κ3) is 3.23. The van der Waals surface area contributed by atoms with Gasteiger partial charge in [0.05, 0.1) is 4.90 Å². The lowest BCUT2D eigenvalue weighted by Gasteiger charge is -2.13. The molecule has 6 heteroatoms. The number of rotatable bonds is 3. The van der Waals surface area contributed by atoms with Crippen LogP contribution in [0.1, 0.15) is 36.0 Å². The van der Waals surface area contributed by atoms with Gasteiger partial charge in [-0.15, -0.1) is 0 Å². The second kappa shape index (κ2) is 6.33. The quantitative estimate of drug-likeness (QED) is 0.723. The lowest BCUT2D eigenvalue weighted by Crippen LogP contribution is -2.01. The first-order valence-corrected chi connectivity index (χ1v) is 9.76. The summed E-state index contributed by atoms with van der Waals surface area (Å²) < 4.78 is 64.6. The molecule has 0 aromatic heterocycles. The summed E-state index contributed by atoms with van der Waals surface area (Å²) in [6.45, 7) is 1.55. The van der Waals surface area contributed by atoms with E-state index < -0.39 is 27.3 Å².